The van der Waals surface area contributed by atoms with Gasteiger partial charge >= 0.3 is 6.18 Å². The average Bonchev–Trinajstić information content (AvgIpc) is 3.21. The van der Waals surface area contributed by atoms with E-state index in [1.165, 1.54) is 23.7 Å². The summed E-state index contributed by atoms with van der Waals surface area (Å²) in [5, 5.41) is 0. The molecule has 160 valence electrons. The van der Waals surface area contributed by atoms with Crippen molar-refractivity contribution in [2.24, 2.45) is 0 Å². The molecule has 0 spiro atoms. The van der Waals surface area contributed by atoms with Crippen molar-refractivity contribution >= 4 is 25.7 Å². The number of nitrogens with zero attached hydrogens (tertiary/aromatic N) is 1. The number of nitrogens with one attached hydrogen (secondary N) is 2. The molecule has 30 heavy (non-hydrogen) atoms. The number of sulfonamides is 2. The summed E-state index contributed by atoms with van der Waals surface area (Å²) in [6.45, 7) is 0. The number of anilines is 1. The van der Waals surface area contributed by atoms with Crippen molar-refractivity contribution in [2.45, 2.75) is 16.0 Å². The van der Waals surface area contributed by atoms with Gasteiger partial charge in [-0.1, -0.05) is 6.07 Å². The summed E-state index contributed by atoms with van der Waals surface area (Å²) >= 11 is 0. The standard InChI is InChI=1S/C18H16F3N3O4S2/c1-22-29(25,26)14-5-4-6-15(12-14)30(27,28)23-16-11-13(18(19,20)21)7-8-17(16)24-9-2-3-10-24/h2-12,22-23H,1H3. The van der Waals surface area contributed by atoms with E-state index in [0.717, 1.165) is 24.3 Å². The molecule has 0 bridgehead atoms. The van der Waals surface area contributed by atoms with Gasteiger partial charge in [0.2, 0.25) is 10.0 Å². The van der Waals surface area contributed by atoms with E-state index in [0.29, 0.717) is 6.07 Å². The second-order valence-electron chi connectivity index (χ2n) is 6.11. The van der Waals surface area contributed by atoms with Crippen LogP contribution in [-0.4, -0.2) is 28.5 Å². The van der Waals surface area contributed by atoms with E-state index in [-0.39, 0.29) is 16.3 Å². The molecule has 0 fully saturated rings. The summed E-state index contributed by atoms with van der Waals surface area (Å²) in [5.41, 5.74) is -1.19. The molecular formula is C18H16F3N3O4S2. The molecule has 12 heteroatoms. The van der Waals surface area contributed by atoms with Crippen LogP contribution in [0.4, 0.5) is 18.9 Å². The van der Waals surface area contributed by atoms with Crippen LogP contribution in [0.15, 0.2) is 76.8 Å². The molecule has 0 atom stereocenters. The lowest BCUT2D eigenvalue weighted by atomic mass is 10.1. The number of halogens is 3. The lowest BCUT2D eigenvalue weighted by molar-refractivity contribution is -0.137. The van der Waals surface area contributed by atoms with Crippen LogP contribution in [-0.2, 0) is 26.2 Å². The molecule has 0 radical (unpaired) electrons. The number of rotatable bonds is 6. The van der Waals surface area contributed by atoms with Crippen LogP contribution >= 0.6 is 0 Å². The fourth-order valence-electron chi connectivity index (χ4n) is 2.64. The summed E-state index contributed by atoms with van der Waals surface area (Å²) in [6, 6.07) is 10.4. The Bertz CT molecular complexity index is 1270. The van der Waals surface area contributed by atoms with E-state index in [2.05, 4.69) is 9.44 Å². The molecule has 0 saturated heterocycles. The maximum atomic E-state index is 13.2. The normalized spacial score (nSPS) is 12.7. The van der Waals surface area contributed by atoms with Gasteiger partial charge in [0, 0.05) is 12.4 Å². The smallest absolute Gasteiger partial charge is 0.322 e. The van der Waals surface area contributed by atoms with Gasteiger partial charge < -0.3 is 4.57 Å². The quantitative estimate of drug-likeness (QED) is 0.592. The van der Waals surface area contributed by atoms with E-state index in [4.69, 9.17) is 0 Å². The fourth-order valence-corrected chi connectivity index (χ4v) is 4.61. The Morgan fingerprint density at radius 1 is 0.833 bits per heavy atom. The first-order chi connectivity index (χ1) is 13.9. The lowest BCUT2D eigenvalue weighted by Gasteiger charge is -2.16. The fraction of sp³-hybridized carbons (Fsp3) is 0.111. The Labute approximate surface area is 171 Å². The number of aromatic nitrogens is 1. The van der Waals surface area contributed by atoms with Crippen molar-refractivity contribution in [3.63, 3.8) is 0 Å². The highest BCUT2D eigenvalue weighted by molar-refractivity contribution is 7.93. The molecule has 0 unspecified atom stereocenters. The zero-order valence-electron chi connectivity index (χ0n) is 15.4. The molecule has 2 N–H and O–H groups in total. The molecular weight excluding hydrogens is 443 g/mol. The second kappa shape index (κ2) is 7.78. The maximum absolute atomic E-state index is 13.2. The Morgan fingerprint density at radius 2 is 1.43 bits per heavy atom. The highest BCUT2D eigenvalue weighted by Gasteiger charge is 2.32. The van der Waals surface area contributed by atoms with E-state index in [9.17, 15) is 30.0 Å². The first kappa shape index (κ1) is 21.9. The van der Waals surface area contributed by atoms with Crippen molar-refractivity contribution in [1.82, 2.24) is 9.29 Å². The van der Waals surface area contributed by atoms with Crippen molar-refractivity contribution in [2.75, 3.05) is 11.8 Å². The van der Waals surface area contributed by atoms with E-state index < -0.39 is 36.7 Å². The minimum Gasteiger partial charge on any atom is -0.322 e. The third kappa shape index (κ3) is 4.50. The molecule has 3 rings (SSSR count). The molecule has 1 aromatic heterocycles. The minimum atomic E-state index is -4.68. The Kier molecular flexibility index (Phi) is 5.67. The number of hydrogen-bond acceptors (Lipinski definition) is 4. The minimum absolute atomic E-state index is 0.163. The zero-order chi connectivity index (χ0) is 22.2. The summed E-state index contributed by atoms with van der Waals surface area (Å²) in [4.78, 5) is -0.725. The van der Waals surface area contributed by atoms with Crippen LogP contribution in [0.25, 0.3) is 5.69 Å². The van der Waals surface area contributed by atoms with Crippen LogP contribution in [0, 0.1) is 0 Å². The van der Waals surface area contributed by atoms with Crippen LogP contribution in [0.3, 0.4) is 0 Å². The monoisotopic (exact) mass is 459 g/mol. The Hall–Kier alpha value is -2.83. The molecule has 0 amide bonds. The zero-order valence-corrected chi connectivity index (χ0v) is 17.0. The van der Waals surface area contributed by atoms with Gasteiger partial charge in [-0.2, -0.15) is 13.2 Å². The topological polar surface area (TPSA) is 97.3 Å². The van der Waals surface area contributed by atoms with Crippen LogP contribution < -0.4 is 9.44 Å². The molecule has 7 nitrogen and oxygen atoms in total. The number of hydrogen-bond donors (Lipinski definition) is 2. The van der Waals surface area contributed by atoms with Crippen molar-refractivity contribution in [3.05, 3.63) is 72.6 Å². The van der Waals surface area contributed by atoms with Gasteiger partial charge in [0.05, 0.1) is 26.7 Å². The molecule has 3 aromatic rings. The predicted octanol–water partition coefficient (Wildman–Crippen LogP) is 3.21. The van der Waals surface area contributed by atoms with Crippen molar-refractivity contribution in [3.8, 4) is 5.69 Å². The Morgan fingerprint density at radius 3 is 2.00 bits per heavy atom. The van der Waals surface area contributed by atoms with E-state index in [1.54, 1.807) is 24.5 Å². The summed E-state index contributed by atoms with van der Waals surface area (Å²) in [7, 11) is -7.15. The van der Waals surface area contributed by atoms with Crippen LogP contribution in [0.2, 0.25) is 0 Å². The number of alkyl halides is 3. The van der Waals surface area contributed by atoms with Crippen molar-refractivity contribution in [1.29, 1.82) is 0 Å². The van der Waals surface area contributed by atoms with Gasteiger partial charge in [-0.15, -0.1) is 0 Å². The second-order valence-corrected chi connectivity index (χ2v) is 9.68. The molecule has 1 heterocycles. The summed E-state index contributed by atoms with van der Waals surface area (Å²) in [6.07, 6.45) is -1.60. The third-order valence-electron chi connectivity index (χ3n) is 4.15. The molecule has 2 aromatic carbocycles. The molecule has 0 aliphatic rings. The highest BCUT2D eigenvalue weighted by atomic mass is 32.2. The van der Waals surface area contributed by atoms with Gasteiger partial charge in [0.1, 0.15) is 0 Å². The summed E-state index contributed by atoms with van der Waals surface area (Å²) in [5.74, 6) is 0. The molecule has 0 aliphatic heterocycles. The summed E-state index contributed by atoms with van der Waals surface area (Å²) < 4.78 is 94.7. The van der Waals surface area contributed by atoms with Gasteiger partial charge in [-0.3, -0.25) is 4.72 Å². The number of benzene rings is 2. The molecule has 0 aliphatic carbocycles. The lowest BCUT2D eigenvalue weighted by Crippen LogP contribution is -2.20. The Balaban J connectivity index is 2.09. The first-order valence-electron chi connectivity index (χ1n) is 8.35. The van der Waals surface area contributed by atoms with Gasteiger partial charge in [0.25, 0.3) is 10.0 Å². The average molecular weight is 459 g/mol. The van der Waals surface area contributed by atoms with E-state index in [1.807, 2.05) is 0 Å². The SMILES string of the molecule is CNS(=O)(=O)c1cccc(S(=O)(=O)Nc2cc(C(F)(F)F)ccc2-n2cccc2)c1. The predicted molar refractivity (Wildman–Crippen MR) is 104 cm³/mol. The van der Waals surface area contributed by atoms with E-state index >= 15 is 0 Å². The largest absolute Gasteiger partial charge is 0.416 e. The van der Waals surface area contributed by atoms with Gasteiger partial charge in [-0.05, 0) is 55.6 Å². The molecule has 0 saturated carbocycles. The maximum Gasteiger partial charge on any atom is 0.416 e. The van der Waals surface area contributed by atoms with Crippen LogP contribution in [0.5, 0.6) is 0 Å². The van der Waals surface area contributed by atoms with Crippen molar-refractivity contribution < 1.29 is 30.0 Å². The first-order valence-corrected chi connectivity index (χ1v) is 11.3. The third-order valence-corrected chi connectivity index (χ3v) is 6.92. The van der Waals surface area contributed by atoms with Crippen LogP contribution in [0.1, 0.15) is 5.56 Å². The van der Waals surface area contributed by atoms with Gasteiger partial charge in [-0.25, -0.2) is 21.6 Å². The highest BCUT2D eigenvalue weighted by Crippen LogP contribution is 2.34. The van der Waals surface area contributed by atoms with Gasteiger partial charge in [0.15, 0.2) is 0 Å².